The van der Waals surface area contributed by atoms with Gasteiger partial charge in [0.25, 0.3) is 5.91 Å². The molecule has 2 N–H and O–H groups in total. The quantitative estimate of drug-likeness (QED) is 0.833. The summed E-state index contributed by atoms with van der Waals surface area (Å²) < 4.78 is 10.4. The average molecular weight is 308 g/mol. The average Bonchev–Trinajstić information content (AvgIpc) is 2.49. The fourth-order valence-electron chi connectivity index (χ4n) is 1.62. The van der Waals surface area contributed by atoms with Gasteiger partial charge in [-0.15, -0.1) is 0 Å². The lowest BCUT2D eigenvalue weighted by Crippen LogP contribution is -2.20. The number of hydrogen-bond acceptors (Lipinski definition) is 4. The number of nitrogens with one attached hydrogen (secondary N) is 1. The minimum atomic E-state index is -0.400. The van der Waals surface area contributed by atoms with E-state index in [4.69, 9.17) is 21.1 Å². The zero-order valence-electron chi connectivity index (χ0n) is 11.3. The highest BCUT2D eigenvalue weighted by molar-refractivity contribution is 6.31. The van der Waals surface area contributed by atoms with Crippen molar-refractivity contribution in [3.05, 3.63) is 47.5 Å². The number of aromatic hydroxyl groups is 1. The molecule has 2 aromatic carbocycles. The summed E-state index contributed by atoms with van der Waals surface area (Å²) in [5, 5.41) is 12.5. The van der Waals surface area contributed by atoms with Gasteiger partial charge in [0, 0.05) is 5.02 Å². The smallest absolute Gasteiger partial charge is 0.262 e. The summed E-state index contributed by atoms with van der Waals surface area (Å²) in [5.74, 6) is 0.789. The van der Waals surface area contributed by atoms with Crippen molar-refractivity contribution in [1.82, 2.24) is 0 Å². The van der Waals surface area contributed by atoms with Gasteiger partial charge >= 0.3 is 0 Å². The number of benzene rings is 2. The minimum absolute atomic E-state index is 0.0582. The summed E-state index contributed by atoms with van der Waals surface area (Å²) in [5.41, 5.74) is 0.242. The summed E-state index contributed by atoms with van der Waals surface area (Å²) >= 11 is 5.80. The number of phenolic OH excluding ortho intramolecular Hbond substituents is 1. The molecule has 0 atom stereocenters. The lowest BCUT2D eigenvalue weighted by molar-refractivity contribution is -0.118. The minimum Gasteiger partial charge on any atom is -0.506 e. The van der Waals surface area contributed by atoms with Crippen molar-refractivity contribution in [3.63, 3.8) is 0 Å². The maximum Gasteiger partial charge on any atom is 0.262 e. The van der Waals surface area contributed by atoms with E-state index in [9.17, 15) is 9.90 Å². The largest absolute Gasteiger partial charge is 0.506 e. The van der Waals surface area contributed by atoms with Gasteiger partial charge in [0.15, 0.2) is 6.61 Å². The van der Waals surface area contributed by atoms with Gasteiger partial charge in [-0.2, -0.15) is 0 Å². The maximum absolute atomic E-state index is 11.8. The van der Waals surface area contributed by atoms with Crippen molar-refractivity contribution in [2.24, 2.45) is 0 Å². The predicted molar refractivity (Wildman–Crippen MR) is 80.2 cm³/mol. The van der Waals surface area contributed by atoms with Gasteiger partial charge in [-0.3, -0.25) is 4.79 Å². The molecule has 1 amide bonds. The summed E-state index contributed by atoms with van der Waals surface area (Å²) in [7, 11) is 1.57. The molecule has 0 aliphatic rings. The molecule has 0 aliphatic carbocycles. The Labute approximate surface area is 127 Å². The molecule has 2 aromatic rings. The molecule has 0 spiro atoms. The van der Waals surface area contributed by atoms with Crippen LogP contribution in [-0.4, -0.2) is 24.7 Å². The molecular weight excluding hydrogens is 294 g/mol. The highest BCUT2D eigenvalue weighted by Gasteiger charge is 2.08. The number of ether oxygens (including phenoxy) is 2. The first-order valence-electron chi connectivity index (χ1n) is 6.13. The topological polar surface area (TPSA) is 67.8 Å². The molecule has 0 heterocycles. The normalized spacial score (nSPS) is 10.0. The molecule has 21 heavy (non-hydrogen) atoms. The number of phenols is 1. The first-order valence-corrected chi connectivity index (χ1v) is 6.51. The number of methoxy groups -OCH3 is 1. The Hall–Kier alpha value is -2.40. The molecule has 0 fully saturated rings. The van der Waals surface area contributed by atoms with Crippen LogP contribution < -0.4 is 14.8 Å². The number of anilines is 1. The van der Waals surface area contributed by atoms with E-state index in [1.165, 1.54) is 18.2 Å². The Balaban J connectivity index is 1.91. The van der Waals surface area contributed by atoms with Crippen molar-refractivity contribution in [2.75, 3.05) is 19.0 Å². The summed E-state index contributed by atoms with van der Waals surface area (Å²) in [6.07, 6.45) is 0. The van der Waals surface area contributed by atoms with E-state index in [0.717, 1.165) is 0 Å². The van der Waals surface area contributed by atoms with Crippen molar-refractivity contribution < 1.29 is 19.4 Å². The SMILES string of the molecule is COc1ccc(OCC(=O)Nc2cc(Cl)ccc2O)cc1. The molecule has 0 bridgehead atoms. The van der Waals surface area contributed by atoms with E-state index < -0.39 is 5.91 Å². The van der Waals surface area contributed by atoms with E-state index in [2.05, 4.69) is 5.32 Å². The van der Waals surface area contributed by atoms with Gasteiger partial charge in [-0.05, 0) is 42.5 Å². The van der Waals surface area contributed by atoms with Crippen LogP contribution in [0.15, 0.2) is 42.5 Å². The van der Waals surface area contributed by atoms with Crippen molar-refractivity contribution in [1.29, 1.82) is 0 Å². The van der Waals surface area contributed by atoms with E-state index in [1.54, 1.807) is 31.4 Å². The Bertz CT molecular complexity index is 628. The van der Waals surface area contributed by atoms with Crippen molar-refractivity contribution in [2.45, 2.75) is 0 Å². The van der Waals surface area contributed by atoms with E-state index in [1.807, 2.05) is 0 Å². The van der Waals surface area contributed by atoms with E-state index in [-0.39, 0.29) is 18.0 Å². The molecule has 0 radical (unpaired) electrons. The number of amides is 1. The fourth-order valence-corrected chi connectivity index (χ4v) is 1.79. The third kappa shape index (κ3) is 4.29. The first kappa shape index (κ1) is 15.0. The number of hydrogen-bond donors (Lipinski definition) is 2. The van der Waals surface area contributed by atoms with Gasteiger partial charge in [-0.1, -0.05) is 11.6 Å². The monoisotopic (exact) mass is 307 g/mol. The van der Waals surface area contributed by atoms with Crippen LogP contribution >= 0.6 is 11.6 Å². The summed E-state index contributed by atoms with van der Waals surface area (Å²) in [6, 6.07) is 11.3. The van der Waals surface area contributed by atoms with Crippen LogP contribution in [0, 0.1) is 0 Å². The number of carbonyl (C=O) groups excluding carboxylic acids is 1. The maximum atomic E-state index is 11.8. The molecule has 110 valence electrons. The van der Waals surface area contributed by atoms with Crippen LogP contribution in [0.1, 0.15) is 0 Å². The second-order valence-electron chi connectivity index (χ2n) is 4.17. The summed E-state index contributed by atoms with van der Waals surface area (Å²) in [4.78, 5) is 11.8. The highest BCUT2D eigenvalue weighted by atomic mass is 35.5. The molecule has 2 rings (SSSR count). The highest BCUT2D eigenvalue weighted by Crippen LogP contribution is 2.26. The first-order chi connectivity index (χ1) is 10.1. The Kier molecular flexibility index (Phi) is 4.90. The van der Waals surface area contributed by atoms with Gasteiger partial charge in [-0.25, -0.2) is 0 Å². The second-order valence-corrected chi connectivity index (χ2v) is 4.61. The van der Waals surface area contributed by atoms with Crippen LogP contribution in [0.5, 0.6) is 17.2 Å². The number of rotatable bonds is 5. The number of halogens is 1. The van der Waals surface area contributed by atoms with Crippen molar-refractivity contribution >= 4 is 23.2 Å². The Morgan fingerprint density at radius 2 is 1.86 bits per heavy atom. The molecule has 0 saturated heterocycles. The van der Waals surface area contributed by atoms with E-state index >= 15 is 0 Å². The third-order valence-corrected chi connectivity index (χ3v) is 2.90. The lowest BCUT2D eigenvalue weighted by atomic mass is 10.3. The van der Waals surface area contributed by atoms with Crippen LogP contribution in [0.25, 0.3) is 0 Å². The van der Waals surface area contributed by atoms with Gasteiger partial charge in [0.05, 0.1) is 12.8 Å². The van der Waals surface area contributed by atoms with Gasteiger partial charge in [0.2, 0.25) is 0 Å². The molecule has 5 nitrogen and oxygen atoms in total. The molecule has 6 heteroatoms. The molecule has 0 unspecified atom stereocenters. The van der Waals surface area contributed by atoms with E-state index in [0.29, 0.717) is 16.5 Å². The molecule has 0 aliphatic heterocycles. The van der Waals surface area contributed by atoms with Crippen LogP contribution in [-0.2, 0) is 4.79 Å². The fraction of sp³-hybridized carbons (Fsp3) is 0.133. The number of carbonyl (C=O) groups is 1. The van der Waals surface area contributed by atoms with Gasteiger partial charge in [0.1, 0.15) is 17.2 Å². The predicted octanol–water partition coefficient (Wildman–Crippen LogP) is 3.07. The molecule has 0 aromatic heterocycles. The lowest BCUT2D eigenvalue weighted by Gasteiger charge is -2.09. The molecular formula is C15H14ClNO4. The van der Waals surface area contributed by atoms with Crippen LogP contribution in [0.3, 0.4) is 0 Å². The van der Waals surface area contributed by atoms with Crippen LogP contribution in [0.4, 0.5) is 5.69 Å². The third-order valence-electron chi connectivity index (χ3n) is 2.66. The zero-order valence-corrected chi connectivity index (χ0v) is 12.1. The van der Waals surface area contributed by atoms with Gasteiger partial charge < -0.3 is 19.9 Å². The zero-order chi connectivity index (χ0) is 15.2. The summed E-state index contributed by atoms with van der Waals surface area (Å²) in [6.45, 7) is -0.182. The standard InChI is InChI=1S/C15H14ClNO4/c1-20-11-3-5-12(6-4-11)21-9-15(19)17-13-8-10(16)2-7-14(13)18/h2-8,18H,9H2,1H3,(H,17,19). The Morgan fingerprint density at radius 3 is 2.52 bits per heavy atom. The second kappa shape index (κ2) is 6.85. The van der Waals surface area contributed by atoms with Crippen LogP contribution in [0.2, 0.25) is 5.02 Å². The van der Waals surface area contributed by atoms with Crippen molar-refractivity contribution in [3.8, 4) is 17.2 Å². The molecule has 0 saturated carbocycles. The Morgan fingerprint density at radius 1 is 1.19 bits per heavy atom.